The van der Waals surface area contributed by atoms with Crippen LogP contribution in [0.4, 0.5) is 0 Å². The molecule has 2 aliphatic heterocycles. The molecule has 18 heavy (non-hydrogen) atoms. The summed E-state index contributed by atoms with van der Waals surface area (Å²) in [5, 5.41) is 4.53. The molecule has 1 aromatic carbocycles. The van der Waals surface area contributed by atoms with Crippen LogP contribution < -0.4 is 5.32 Å². The molecule has 2 nitrogen and oxygen atoms in total. The van der Waals surface area contributed by atoms with E-state index in [0.717, 1.165) is 24.0 Å². The molecule has 0 amide bonds. The molecule has 2 fully saturated rings. The Morgan fingerprint density at radius 2 is 2.06 bits per heavy atom. The van der Waals surface area contributed by atoms with E-state index in [0.29, 0.717) is 6.04 Å². The quantitative estimate of drug-likeness (QED) is 0.884. The van der Waals surface area contributed by atoms with Crippen LogP contribution in [0.1, 0.15) is 24.8 Å². The Labute approximate surface area is 114 Å². The first kappa shape index (κ1) is 12.5. The second kappa shape index (κ2) is 5.60. The summed E-state index contributed by atoms with van der Waals surface area (Å²) in [7, 11) is 0. The molecule has 2 saturated heterocycles. The van der Waals surface area contributed by atoms with E-state index in [-0.39, 0.29) is 0 Å². The van der Waals surface area contributed by atoms with Gasteiger partial charge in [0.25, 0.3) is 0 Å². The van der Waals surface area contributed by atoms with Gasteiger partial charge in [-0.3, -0.25) is 4.90 Å². The fourth-order valence-corrected chi connectivity index (χ4v) is 3.35. The highest BCUT2D eigenvalue weighted by Gasteiger charge is 2.29. The van der Waals surface area contributed by atoms with Gasteiger partial charge in [0.2, 0.25) is 0 Å². The minimum absolute atomic E-state index is 0.598. The highest BCUT2D eigenvalue weighted by Crippen LogP contribution is 2.21. The number of hydrogen-bond acceptors (Lipinski definition) is 2. The number of hydrogen-bond donors (Lipinski definition) is 1. The van der Waals surface area contributed by atoms with Crippen molar-refractivity contribution in [2.75, 3.05) is 19.6 Å². The van der Waals surface area contributed by atoms with Crippen molar-refractivity contribution < 1.29 is 0 Å². The van der Waals surface area contributed by atoms with Crippen molar-refractivity contribution in [3.63, 3.8) is 0 Å². The lowest BCUT2D eigenvalue weighted by molar-refractivity contribution is 0.0951. The molecule has 0 saturated carbocycles. The van der Waals surface area contributed by atoms with Crippen LogP contribution in [0.5, 0.6) is 0 Å². The number of halogens is 1. The van der Waals surface area contributed by atoms with Gasteiger partial charge in [0, 0.05) is 30.2 Å². The standard InChI is InChI=1S/C15H21ClN2/c16-13-6-4-12(5-7-13)9-14-11-18-8-2-1-3-15(18)10-17-14/h4-7,14-15,17H,1-3,8-11H2/t14-,15-/m0/s1. The lowest BCUT2D eigenvalue weighted by Crippen LogP contribution is -2.58. The summed E-state index contributed by atoms with van der Waals surface area (Å²) in [6.07, 6.45) is 5.27. The molecule has 1 aromatic rings. The van der Waals surface area contributed by atoms with Crippen LogP contribution in [-0.2, 0) is 6.42 Å². The number of piperidine rings is 1. The summed E-state index contributed by atoms with van der Waals surface area (Å²) >= 11 is 5.92. The SMILES string of the molecule is Clc1ccc(C[C@H]2CN3CCCC[C@H]3CN2)cc1. The van der Waals surface area contributed by atoms with Crippen LogP contribution in [0.25, 0.3) is 0 Å². The van der Waals surface area contributed by atoms with Crippen LogP contribution in [0, 0.1) is 0 Å². The summed E-state index contributed by atoms with van der Waals surface area (Å²) in [4.78, 5) is 2.68. The Morgan fingerprint density at radius 3 is 2.89 bits per heavy atom. The monoisotopic (exact) mass is 264 g/mol. The Morgan fingerprint density at radius 1 is 1.22 bits per heavy atom. The predicted octanol–water partition coefficient (Wildman–Crippen LogP) is 2.71. The topological polar surface area (TPSA) is 15.3 Å². The maximum atomic E-state index is 5.92. The minimum atomic E-state index is 0.598. The molecule has 0 bridgehead atoms. The molecule has 3 heteroatoms. The maximum absolute atomic E-state index is 5.92. The third-order valence-electron chi connectivity index (χ3n) is 4.24. The zero-order valence-corrected chi connectivity index (χ0v) is 11.5. The zero-order valence-electron chi connectivity index (χ0n) is 10.7. The lowest BCUT2D eigenvalue weighted by Gasteiger charge is -2.43. The van der Waals surface area contributed by atoms with Gasteiger partial charge >= 0.3 is 0 Å². The first-order valence-corrected chi connectivity index (χ1v) is 7.41. The van der Waals surface area contributed by atoms with E-state index < -0.39 is 0 Å². The molecule has 0 aliphatic carbocycles. The van der Waals surface area contributed by atoms with Crippen molar-refractivity contribution in [1.29, 1.82) is 0 Å². The minimum Gasteiger partial charge on any atom is -0.311 e. The van der Waals surface area contributed by atoms with E-state index in [9.17, 15) is 0 Å². The van der Waals surface area contributed by atoms with Gasteiger partial charge in [-0.2, -0.15) is 0 Å². The Bertz CT molecular complexity index is 390. The van der Waals surface area contributed by atoms with Crippen molar-refractivity contribution in [2.45, 2.75) is 37.8 Å². The van der Waals surface area contributed by atoms with Crippen molar-refractivity contribution in [3.05, 3.63) is 34.9 Å². The van der Waals surface area contributed by atoms with E-state index >= 15 is 0 Å². The first-order chi connectivity index (χ1) is 8.81. The van der Waals surface area contributed by atoms with E-state index in [1.807, 2.05) is 12.1 Å². The zero-order chi connectivity index (χ0) is 12.4. The van der Waals surface area contributed by atoms with Crippen molar-refractivity contribution >= 4 is 11.6 Å². The van der Waals surface area contributed by atoms with Gasteiger partial charge in [-0.05, 0) is 43.5 Å². The molecular weight excluding hydrogens is 244 g/mol. The van der Waals surface area contributed by atoms with Crippen molar-refractivity contribution in [3.8, 4) is 0 Å². The molecule has 3 rings (SSSR count). The lowest BCUT2D eigenvalue weighted by atomic mass is 9.96. The smallest absolute Gasteiger partial charge is 0.0406 e. The highest BCUT2D eigenvalue weighted by molar-refractivity contribution is 6.30. The van der Waals surface area contributed by atoms with E-state index in [1.165, 1.54) is 37.9 Å². The normalized spacial score (nSPS) is 28.9. The molecule has 0 aromatic heterocycles. The van der Waals surface area contributed by atoms with Crippen LogP contribution in [0.2, 0.25) is 5.02 Å². The number of piperazine rings is 1. The van der Waals surface area contributed by atoms with Gasteiger partial charge in [-0.25, -0.2) is 0 Å². The molecule has 98 valence electrons. The number of rotatable bonds is 2. The van der Waals surface area contributed by atoms with E-state index in [4.69, 9.17) is 11.6 Å². The third kappa shape index (κ3) is 2.87. The van der Waals surface area contributed by atoms with Crippen molar-refractivity contribution in [1.82, 2.24) is 10.2 Å². The van der Waals surface area contributed by atoms with Gasteiger partial charge in [0.05, 0.1) is 0 Å². The van der Waals surface area contributed by atoms with Crippen molar-refractivity contribution in [2.24, 2.45) is 0 Å². The average molecular weight is 265 g/mol. The highest BCUT2D eigenvalue weighted by atomic mass is 35.5. The second-order valence-electron chi connectivity index (χ2n) is 5.58. The van der Waals surface area contributed by atoms with E-state index in [1.54, 1.807) is 0 Å². The molecule has 0 radical (unpaired) electrons. The molecule has 1 N–H and O–H groups in total. The predicted molar refractivity (Wildman–Crippen MR) is 76.2 cm³/mol. The maximum Gasteiger partial charge on any atom is 0.0406 e. The molecule has 2 heterocycles. The van der Waals surface area contributed by atoms with Gasteiger partial charge in [-0.1, -0.05) is 30.2 Å². The van der Waals surface area contributed by atoms with Gasteiger partial charge in [0.15, 0.2) is 0 Å². The molecule has 2 aliphatic rings. The summed E-state index contributed by atoms with van der Waals surface area (Å²) in [5.74, 6) is 0. The van der Waals surface area contributed by atoms with Crippen LogP contribution in [0.3, 0.4) is 0 Å². The van der Waals surface area contributed by atoms with Gasteiger partial charge in [-0.15, -0.1) is 0 Å². The molecular formula is C15H21ClN2. The molecule has 0 spiro atoms. The number of fused-ring (bicyclic) bond motifs is 1. The van der Waals surface area contributed by atoms with Gasteiger partial charge < -0.3 is 5.32 Å². The summed E-state index contributed by atoms with van der Waals surface area (Å²) in [6.45, 7) is 3.66. The summed E-state index contributed by atoms with van der Waals surface area (Å²) in [5.41, 5.74) is 1.38. The first-order valence-electron chi connectivity index (χ1n) is 7.03. The largest absolute Gasteiger partial charge is 0.311 e. The number of nitrogens with one attached hydrogen (secondary N) is 1. The number of nitrogens with zero attached hydrogens (tertiary/aromatic N) is 1. The average Bonchev–Trinajstić information content (AvgIpc) is 2.41. The Kier molecular flexibility index (Phi) is 3.88. The van der Waals surface area contributed by atoms with Crippen LogP contribution >= 0.6 is 11.6 Å². The Hall–Kier alpha value is -0.570. The second-order valence-corrected chi connectivity index (χ2v) is 6.02. The van der Waals surface area contributed by atoms with Crippen LogP contribution in [0.15, 0.2) is 24.3 Å². The van der Waals surface area contributed by atoms with Crippen LogP contribution in [-0.4, -0.2) is 36.6 Å². The Balaban J connectivity index is 1.59. The van der Waals surface area contributed by atoms with E-state index in [2.05, 4.69) is 22.3 Å². The molecule has 0 unspecified atom stereocenters. The fraction of sp³-hybridized carbons (Fsp3) is 0.600. The number of benzene rings is 1. The molecule has 2 atom stereocenters. The summed E-state index contributed by atoms with van der Waals surface area (Å²) in [6, 6.07) is 9.66. The fourth-order valence-electron chi connectivity index (χ4n) is 3.22. The van der Waals surface area contributed by atoms with Gasteiger partial charge in [0.1, 0.15) is 0 Å². The third-order valence-corrected chi connectivity index (χ3v) is 4.49. The summed E-state index contributed by atoms with van der Waals surface area (Å²) < 4.78 is 0.